The predicted molar refractivity (Wildman–Crippen MR) is 98.4 cm³/mol. The Bertz CT molecular complexity index is 766. The standard InChI is InChI=1S/C21H26FNO3/c1-13(2)19-8-9-20(15-4-6-16(22)7-5-15)23(19)14(3)10-18-11-17(24)12-21(25)26-18/h4-9,13-14,17-18,24H,10-12H2,1-3H3/t14?,17-,18-/m0/s1. The fourth-order valence-corrected chi connectivity index (χ4v) is 3.77. The quantitative estimate of drug-likeness (QED) is 0.803. The average Bonchev–Trinajstić information content (AvgIpc) is 3.00. The Balaban J connectivity index is 1.90. The molecule has 1 aromatic heterocycles. The van der Waals surface area contributed by atoms with Crippen molar-refractivity contribution >= 4 is 5.97 Å². The summed E-state index contributed by atoms with van der Waals surface area (Å²) < 4.78 is 21.0. The van der Waals surface area contributed by atoms with Gasteiger partial charge < -0.3 is 14.4 Å². The molecule has 1 fully saturated rings. The molecule has 0 radical (unpaired) electrons. The van der Waals surface area contributed by atoms with Gasteiger partial charge in [0.1, 0.15) is 11.9 Å². The van der Waals surface area contributed by atoms with Gasteiger partial charge in [0.05, 0.1) is 12.5 Å². The number of ether oxygens (including phenoxy) is 1. The van der Waals surface area contributed by atoms with Gasteiger partial charge in [-0.25, -0.2) is 4.39 Å². The minimum atomic E-state index is -0.626. The summed E-state index contributed by atoms with van der Waals surface area (Å²) in [6.07, 6.45) is 0.266. The number of cyclic esters (lactones) is 1. The fraction of sp³-hybridized carbons (Fsp3) is 0.476. The number of hydrogen-bond acceptors (Lipinski definition) is 3. The van der Waals surface area contributed by atoms with E-state index in [1.54, 1.807) is 12.1 Å². The van der Waals surface area contributed by atoms with Gasteiger partial charge in [-0.1, -0.05) is 13.8 Å². The number of carbonyl (C=O) groups excluding carboxylic acids is 1. The molecule has 1 unspecified atom stereocenters. The van der Waals surface area contributed by atoms with Crippen LogP contribution in [0.25, 0.3) is 11.3 Å². The minimum absolute atomic E-state index is 0.0746. The van der Waals surface area contributed by atoms with Crippen molar-refractivity contribution in [3.8, 4) is 11.3 Å². The first-order chi connectivity index (χ1) is 12.3. The predicted octanol–water partition coefficient (Wildman–Crippen LogP) is 4.44. The number of aromatic nitrogens is 1. The van der Waals surface area contributed by atoms with Crippen molar-refractivity contribution in [3.05, 3.63) is 47.9 Å². The molecule has 2 aromatic rings. The molecule has 1 N–H and O–H groups in total. The van der Waals surface area contributed by atoms with E-state index in [1.807, 2.05) is 0 Å². The summed E-state index contributed by atoms with van der Waals surface area (Å²) in [5.41, 5.74) is 3.15. The number of aliphatic hydroxyl groups excluding tert-OH is 1. The number of carbonyl (C=O) groups is 1. The zero-order chi connectivity index (χ0) is 18.8. The molecule has 26 heavy (non-hydrogen) atoms. The van der Waals surface area contributed by atoms with Crippen LogP contribution < -0.4 is 0 Å². The number of benzene rings is 1. The third kappa shape index (κ3) is 3.98. The number of hydrogen-bond donors (Lipinski definition) is 1. The van der Waals surface area contributed by atoms with E-state index in [-0.39, 0.29) is 30.4 Å². The van der Waals surface area contributed by atoms with Gasteiger partial charge in [0, 0.05) is 30.3 Å². The SMILES string of the molecule is CC(C)c1ccc(-c2ccc(F)cc2)n1C(C)C[C@H]1C[C@H](O)CC(=O)O1. The highest BCUT2D eigenvalue weighted by Crippen LogP contribution is 2.33. The highest BCUT2D eigenvalue weighted by molar-refractivity contribution is 5.71. The van der Waals surface area contributed by atoms with Crippen LogP contribution in [0.15, 0.2) is 36.4 Å². The number of esters is 1. The van der Waals surface area contributed by atoms with E-state index in [0.717, 1.165) is 11.3 Å². The maximum atomic E-state index is 13.3. The Morgan fingerprint density at radius 2 is 1.88 bits per heavy atom. The van der Waals surface area contributed by atoms with Crippen molar-refractivity contribution in [1.29, 1.82) is 0 Å². The van der Waals surface area contributed by atoms with Gasteiger partial charge in [-0.3, -0.25) is 4.79 Å². The smallest absolute Gasteiger partial charge is 0.308 e. The van der Waals surface area contributed by atoms with Crippen molar-refractivity contribution in [2.45, 2.75) is 64.2 Å². The molecule has 3 atom stereocenters. The van der Waals surface area contributed by atoms with E-state index in [2.05, 4.69) is 37.5 Å². The summed E-state index contributed by atoms with van der Waals surface area (Å²) >= 11 is 0. The zero-order valence-electron chi connectivity index (χ0n) is 15.5. The Morgan fingerprint density at radius 3 is 2.50 bits per heavy atom. The molecular weight excluding hydrogens is 333 g/mol. The van der Waals surface area contributed by atoms with E-state index < -0.39 is 6.10 Å². The first kappa shape index (κ1) is 18.6. The van der Waals surface area contributed by atoms with E-state index in [9.17, 15) is 14.3 Å². The van der Waals surface area contributed by atoms with Crippen LogP contribution >= 0.6 is 0 Å². The lowest BCUT2D eigenvalue weighted by molar-refractivity contribution is -0.160. The van der Waals surface area contributed by atoms with Gasteiger partial charge >= 0.3 is 5.97 Å². The Kier molecular flexibility index (Phi) is 5.47. The van der Waals surface area contributed by atoms with Gasteiger partial charge in [-0.2, -0.15) is 0 Å². The van der Waals surface area contributed by atoms with Crippen LogP contribution in [-0.2, 0) is 9.53 Å². The number of rotatable bonds is 5. The van der Waals surface area contributed by atoms with Gasteiger partial charge in [-0.05, 0) is 54.8 Å². The molecule has 0 spiro atoms. The molecule has 0 bridgehead atoms. The first-order valence-corrected chi connectivity index (χ1v) is 9.19. The normalized spacial score (nSPS) is 21.7. The van der Waals surface area contributed by atoms with Crippen molar-refractivity contribution in [2.75, 3.05) is 0 Å². The van der Waals surface area contributed by atoms with Crippen LogP contribution in [0.4, 0.5) is 4.39 Å². The Morgan fingerprint density at radius 1 is 1.19 bits per heavy atom. The molecule has 3 rings (SSSR count). The minimum Gasteiger partial charge on any atom is -0.462 e. The highest BCUT2D eigenvalue weighted by Gasteiger charge is 2.29. The van der Waals surface area contributed by atoms with Gasteiger partial charge in [0.25, 0.3) is 0 Å². The molecule has 1 aliphatic rings. The second-order valence-electron chi connectivity index (χ2n) is 7.47. The third-order valence-corrected chi connectivity index (χ3v) is 4.96. The summed E-state index contributed by atoms with van der Waals surface area (Å²) in [4.78, 5) is 11.6. The van der Waals surface area contributed by atoms with Crippen LogP contribution in [-0.4, -0.2) is 27.9 Å². The summed E-state index contributed by atoms with van der Waals surface area (Å²) in [5, 5.41) is 9.85. The molecule has 4 nitrogen and oxygen atoms in total. The summed E-state index contributed by atoms with van der Waals surface area (Å²) in [5.74, 6) is -0.269. The lowest BCUT2D eigenvalue weighted by Crippen LogP contribution is -2.34. The lowest BCUT2D eigenvalue weighted by Gasteiger charge is -2.30. The number of aliphatic hydroxyl groups is 1. The van der Waals surface area contributed by atoms with Crippen molar-refractivity contribution in [1.82, 2.24) is 4.57 Å². The van der Waals surface area contributed by atoms with E-state index in [0.29, 0.717) is 18.8 Å². The van der Waals surface area contributed by atoms with E-state index >= 15 is 0 Å². The van der Waals surface area contributed by atoms with Crippen LogP contribution in [0.1, 0.15) is 57.7 Å². The largest absolute Gasteiger partial charge is 0.462 e. The van der Waals surface area contributed by atoms with E-state index in [4.69, 9.17) is 4.74 Å². The van der Waals surface area contributed by atoms with Gasteiger partial charge in [0.15, 0.2) is 0 Å². The number of nitrogens with zero attached hydrogens (tertiary/aromatic N) is 1. The summed E-state index contributed by atoms with van der Waals surface area (Å²) in [6, 6.07) is 10.7. The number of halogens is 1. The second-order valence-corrected chi connectivity index (χ2v) is 7.47. The second kappa shape index (κ2) is 7.62. The van der Waals surface area contributed by atoms with Crippen LogP contribution in [0, 0.1) is 5.82 Å². The highest BCUT2D eigenvalue weighted by atomic mass is 19.1. The van der Waals surface area contributed by atoms with E-state index in [1.165, 1.54) is 17.8 Å². The van der Waals surface area contributed by atoms with Crippen molar-refractivity contribution in [3.63, 3.8) is 0 Å². The maximum Gasteiger partial charge on any atom is 0.308 e. The fourth-order valence-electron chi connectivity index (χ4n) is 3.77. The van der Waals surface area contributed by atoms with Gasteiger partial charge in [0.2, 0.25) is 0 Å². The monoisotopic (exact) mass is 359 g/mol. The molecule has 1 aromatic carbocycles. The summed E-state index contributed by atoms with van der Waals surface area (Å²) in [6.45, 7) is 6.36. The molecule has 140 valence electrons. The zero-order valence-corrected chi connectivity index (χ0v) is 15.5. The molecule has 5 heteroatoms. The summed E-state index contributed by atoms with van der Waals surface area (Å²) in [7, 11) is 0. The van der Waals surface area contributed by atoms with Crippen molar-refractivity contribution in [2.24, 2.45) is 0 Å². The molecule has 0 amide bonds. The van der Waals surface area contributed by atoms with Crippen molar-refractivity contribution < 1.29 is 19.0 Å². The Hall–Kier alpha value is -2.14. The van der Waals surface area contributed by atoms with Gasteiger partial charge in [-0.15, -0.1) is 0 Å². The first-order valence-electron chi connectivity index (χ1n) is 9.19. The maximum absolute atomic E-state index is 13.3. The van der Waals surface area contributed by atoms with Crippen LogP contribution in [0.2, 0.25) is 0 Å². The molecular formula is C21H26FNO3. The molecule has 2 heterocycles. The average molecular weight is 359 g/mol. The molecule has 1 aliphatic heterocycles. The molecule has 1 saturated heterocycles. The molecule has 0 aliphatic carbocycles. The van der Waals surface area contributed by atoms with Crippen LogP contribution in [0.5, 0.6) is 0 Å². The topological polar surface area (TPSA) is 51.5 Å². The molecule has 0 saturated carbocycles. The lowest BCUT2D eigenvalue weighted by atomic mass is 9.99. The third-order valence-electron chi connectivity index (χ3n) is 4.96. The van der Waals surface area contributed by atoms with Crippen LogP contribution in [0.3, 0.4) is 0 Å². The Labute approximate surface area is 153 Å².